The van der Waals surface area contributed by atoms with Crippen LogP contribution in [0.4, 0.5) is 0 Å². The predicted octanol–water partition coefficient (Wildman–Crippen LogP) is 2.26. The molecule has 0 aromatic heterocycles. The van der Waals surface area contributed by atoms with E-state index >= 15 is 0 Å². The number of aliphatic carboxylic acids is 1. The molecule has 18 heavy (non-hydrogen) atoms. The van der Waals surface area contributed by atoms with Crippen molar-refractivity contribution in [2.45, 2.75) is 24.8 Å². The number of thioether (sulfide) groups is 1. The molecule has 98 valence electrons. The first kappa shape index (κ1) is 13.2. The molecule has 1 saturated heterocycles. The van der Waals surface area contributed by atoms with Crippen LogP contribution in [-0.2, 0) is 4.79 Å². The van der Waals surface area contributed by atoms with Crippen molar-refractivity contribution in [1.82, 2.24) is 5.32 Å². The SMILES string of the molecule is CCCOc1cccc(C2N[C@H](C(=O)O)CS2)c1. The highest BCUT2D eigenvalue weighted by Crippen LogP contribution is 2.34. The summed E-state index contributed by atoms with van der Waals surface area (Å²) in [6.45, 7) is 2.77. The molecule has 5 heteroatoms. The van der Waals surface area contributed by atoms with Gasteiger partial charge in [0, 0.05) is 5.75 Å². The molecule has 0 radical (unpaired) electrons. The highest BCUT2D eigenvalue weighted by Gasteiger charge is 2.30. The van der Waals surface area contributed by atoms with Gasteiger partial charge in [0.05, 0.1) is 12.0 Å². The molecule has 1 aromatic carbocycles. The van der Waals surface area contributed by atoms with Gasteiger partial charge in [0.2, 0.25) is 0 Å². The molecule has 0 spiro atoms. The average molecular weight is 267 g/mol. The van der Waals surface area contributed by atoms with Crippen molar-refractivity contribution in [3.05, 3.63) is 29.8 Å². The molecule has 0 amide bonds. The second kappa shape index (κ2) is 6.11. The van der Waals surface area contributed by atoms with E-state index in [0.29, 0.717) is 12.4 Å². The van der Waals surface area contributed by atoms with Crippen LogP contribution in [0.15, 0.2) is 24.3 Å². The van der Waals surface area contributed by atoms with Crippen LogP contribution in [0.2, 0.25) is 0 Å². The summed E-state index contributed by atoms with van der Waals surface area (Å²) in [6, 6.07) is 7.38. The molecule has 1 aliphatic heterocycles. The van der Waals surface area contributed by atoms with E-state index < -0.39 is 12.0 Å². The Morgan fingerprint density at radius 2 is 2.44 bits per heavy atom. The number of carboxylic acid groups (broad SMARTS) is 1. The second-order valence-corrected chi connectivity index (χ2v) is 5.33. The first-order valence-corrected chi connectivity index (χ1v) is 7.09. The molecule has 1 fully saturated rings. The standard InChI is InChI=1S/C13H17NO3S/c1-2-6-17-10-5-3-4-9(7-10)12-14-11(8-18-12)13(15)16/h3-5,7,11-12,14H,2,6,8H2,1H3,(H,15,16)/t11-,12?/m0/s1. The van der Waals surface area contributed by atoms with Crippen LogP contribution in [0.25, 0.3) is 0 Å². The number of hydrogen-bond acceptors (Lipinski definition) is 4. The minimum absolute atomic E-state index is 0.0382. The summed E-state index contributed by atoms with van der Waals surface area (Å²) in [6.07, 6.45) is 0.974. The van der Waals surface area contributed by atoms with Crippen molar-refractivity contribution in [3.63, 3.8) is 0 Å². The zero-order valence-corrected chi connectivity index (χ0v) is 11.1. The summed E-state index contributed by atoms with van der Waals surface area (Å²) in [5, 5.41) is 12.1. The fraction of sp³-hybridized carbons (Fsp3) is 0.462. The first-order valence-electron chi connectivity index (χ1n) is 6.04. The van der Waals surface area contributed by atoms with Crippen molar-refractivity contribution in [2.75, 3.05) is 12.4 Å². The van der Waals surface area contributed by atoms with E-state index in [2.05, 4.69) is 12.2 Å². The van der Waals surface area contributed by atoms with Crippen molar-refractivity contribution in [2.24, 2.45) is 0 Å². The number of ether oxygens (including phenoxy) is 1. The molecular weight excluding hydrogens is 250 g/mol. The molecule has 1 aromatic rings. The lowest BCUT2D eigenvalue weighted by Crippen LogP contribution is -2.33. The van der Waals surface area contributed by atoms with Gasteiger partial charge in [-0.1, -0.05) is 19.1 Å². The van der Waals surface area contributed by atoms with E-state index in [1.807, 2.05) is 24.3 Å². The summed E-state index contributed by atoms with van der Waals surface area (Å²) >= 11 is 1.62. The lowest BCUT2D eigenvalue weighted by molar-refractivity contribution is -0.138. The molecule has 2 rings (SSSR count). The number of carbonyl (C=O) groups is 1. The summed E-state index contributed by atoms with van der Waals surface area (Å²) < 4.78 is 5.58. The minimum atomic E-state index is -0.789. The van der Waals surface area contributed by atoms with Crippen molar-refractivity contribution in [1.29, 1.82) is 0 Å². The largest absolute Gasteiger partial charge is 0.494 e. The fourth-order valence-corrected chi connectivity index (χ4v) is 3.02. The molecule has 1 unspecified atom stereocenters. The molecular formula is C13H17NO3S. The summed E-state index contributed by atoms with van der Waals surface area (Å²) in [7, 11) is 0. The van der Waals surface area contributed by atoms with Crippen LogP contribution in [0.3, 0.4) is 0 Å². The lowest BCUT2D eigenvalue weighted by Gasteiger charge is -2.13. The van der Waals surface area contributed by atoms with E-state index in [1.54, 1.807) is 11.8 Å². The van der Waals surface area contributed by atoms with Crippen LogP contribution in [-0.4, -0.2) is 29.5 Å². The molecule has 0 saturated carbocycles. The average Bonchev–Trinajstić information content (AvgIpc) is 2.86. The van der Waals surface area contributed by atoms with Crippen LogP contribution in [0.1, 0.15) is 24.3 Å². The molecule has 2 atom stereocenters. The Hall–Kier alpha value is -1.20. The van der Waals surface area contributed by atoms with Crippen molar-refractivity contribution in [3.8, 4) is 5.75 Å². The van der Waals surface area contributed by atoms with E-state index in [-0.39, 0.29) is 5.37 Å². The maximum atomic E-state index is 10.9. The van der Waals surface area contributed by atoms with Gasteiger partial charge in [0.25, 0.3) is 0 Å². The van der Waals surface area contributed by atoms with Crippen molar-refractivity contribution < 1.29 is 14.6 Å². The van der Waals surface area contributed by atoms with E-state index in [1.165, 1.54) is 0 Å². The van der Waals surface area contributed by atoms with Crippen LogP contribution >= 0.6 is 11.8 Å². The van der Waals surface area contributed by atoms with Crippen LogP contribution < -0.4 is 10.1 Å². The normalized spacial score (nSPS) is 22.9. The van der Waals surface area contributed by atoms with E-state index in [4.69, 9.17) is 9.84 Å². The first-order chi connectivity index (χ1) is 8.70. The molecule has 0 bridgehead atoms. The topological polar surface area (TPSA) is 58.6 Å². The predicted molar refractivity (Wildman–Crippen MR) is 72.0 cm³/mol. The molecule has 1 aliphatic rings. The minimum Gasteiger partial charge on any atom is -0.494 e. The maximum absolute atomic E-state index is 10.9. The Kier molecular flexibility index (Phi) is 4.49. The molecule has 2 N–H and O–H groups in total. The number of carboxylic acids is 1. The third-order valence-corrected chi connectivity index (χ3v) is 3.98. The van der Waals surface area contributed by atoms with Crippen LogP contribution in [0, 0.1) is 0 Å². The van der Waals surface area contributed by atoms with Gasteiger partial charge in [-0.2, -0.15) is 0 Å². The summed E-state index contributed by atoms with van der Waals surface area (Å²) in [4.78, 5) is 10.9. The smallest absolute Gasteiger partial charge is 0.321 e. The zero-order chi connectivity index (χ0) is 13.0. The highest BCUT2D eigenvalue weighted by molar-refractivity contribution is 7.99. The zero-order valence-electron chi connectivity index (χ0n) is 10.3. The van der Waals surface area contributed by atoms with Gasteiger partial charge in [0.15, 0.2) is 0 Å². The van der Waals surface area contributed by atoms with Crippen LogP contribution in [0.5, 0.6) is 5.75 Å². The van der Waals surface area contributed by atoms with Gasteiger partial charge in [-0.05, 0) is 24.1 Å². The van der Waals surface area contributed by atoms with E-state index in [9.17, 15) is 4.79 Å². The van der Waals surface area contributed by atoms with Gasteiger partial charge >= 0.3 is 5.97 Å². The number of benzene rings is 1. The summed E-state index contributed by atoms with van der Waals surface area (Å²) in [5.74, 6) is 0.652. The third-order valence-electron chi connectivity index (χ3n) is 2.71. The Labute approximate surface area is 111 Å². The monoisotopic (exact) mass is 267 g/mol. The second-order valence-electron chi connectivity index (χ2n) is 4.19. The van der Waals surface area contributed by atoms with Gasteiger partial charge in [-0.15, -0.1) is 11.8 Å². The number of hydrogen-bond donors (Lipinski definition) is 2. The summed E-state index contributed by atoms with van der Waals surface area (Å²) in [5.41, 5.74) is 1.07. The lowest BCUT2D eigenvalue weighted by atomic mass is 10.2. The van der Waals surface area contributed by atoms with Gasteiger partial charge < -0.3 is 9.84 Å². The fourth-order valence-electron chi connectivity index (χ4n) is 1.79. The van der Waals surface area contributed by atoms with Gasteiger partial charge in [-0.3, -0.25) is 10.1 Å². The maximum Gasteiger partial charge on any atom is 0.321 e. The molecule has 0 aliphatic carbocycles. The molecule has 4 nitrogen and oxygen atoms in total. The van der Waals surface area contributed by atoms with Gasteiger partial charge in [-0.25, -0.2) is 0 Å². The Morgan fingerprint density at radius 3 is 3.11 bits per heavy atom. The quantitative estimate of drug-likeness (QED) is 0.857. The van der Waals surface area contributed by atoms with Crippen molar-refractivity contribution >= 4 is 17.7 Å². The Morgan fingerprint density at radius 1 is 1.61 bits per heavy atom. The number of nitrogens with one attached hydrogen (secondary N) is 1. The number of rotatable bonds is 5. The van der Waals surface area contributed by atoms with E-state index in [0.717, 1.165) is 17.7 Å². The Balaban J connectivity index is 2.03. The Bertz CT molecular complexity index is 424. The third kappa shape index (κ3) is 3.17. The highest BCUT2D eigenvalue weighted by atomic mass is 32.2. The van der Waals surface area contributed by atoms with Gasteiger partial charge in [0.1, 0.15) is 11.8 Å². The molecule has 1 heterocycles.